The second-order valence-corrected chi connectivity index (χ2v) is 5.00. The van der Waals surface area contributed by atoms with Crippen molar-refractivity contribution in [2.45, 2.75) is 6.18 Å². The summed E-state index contributed by atoms with van der Waals surface area (Å²) in [6.07, 6.45) is -3.14. The Morgan fingerprint density at radius 3 is 2.60 bits per heavy atom. The van der Waals surface area contributed by atoms with Crippen LogP contribution in [0, 0.1) is 0 Å². The number of aromatic nitrogens is 1. The van der Waals surface area contributed by atoms with Crippen LogP contribution in [0.5, 0.6) is 0 Å². The van der Waals surface area contributed by atoms with Crippen molar-refractivity contribution in [1.29, 1.82) is 0 Å². The topological polar surface area (TPSA) is 31.4 Å². The molecule has 1 aromatic rings. The molecule has 0 spiro atoms. The summed E-state index contributed by atoms with van der Waals surface area (Å²) in [5, 5.41) is 2.95. The first-order valence-electron chi connectivity index (χ1n) is 6.63. The van der Waals surface area contributed by atoms with Gasteiger partial charge in [-0.15, -0.1) is 0 Å². The van der Waals surface area contributed by atoms with Crippen LogP contribution < -0.4 is 5.32 Å². The van der Waals surface area contributed by atoms with Gasteiger partial charge in [0, 0.05) is 45.5 Å². The largest absolute Gasteiger partial charge is 0.416 e. The number of piperazine rings is 1. The Hall–Kier alpha value is -1.34. The Labute approximate surface area is 116 Å². The van der Waals surface area contributed by atoms with Crippen LogP contribution in [0.15, 0.2) is 18.3 Å². The maximum atomic E-state index is 12.5. The van der Waals surface area contributed by atoms with Gasteiger partial charge in [0.1, 0.15) is 5.82 Å². The highest BCUT2D eigenvalue weighted by Crippen LogP contribution is 2.29. The monoisotopic (exact) mass is 288 g/mol. The molecule has 0 aliphatic carbocycles. The molecule has 1 aliphatic rings. The van der Waals surface area contributed by atoms with Crippen molar-refractivity contribution >= 4 is 5.82 Å². The molecule has 0 amide bonds. The van der Waals surface area contributed by atoms with E-state index in [1.807, 2.05) is 0 Å². The zero-order valence-electron chi connectivity index (χ0n) is 11.5. The number of rotatable bonds is 4. The van der Waals surface area contributed by atoms with Gasteiger partial charge < -0.3 is 10.2 Å². The summed E-state index contributed by atoms with van der Waals surface area (Å²) in [7, 11) is 2.09. The third-order valence-corrected chi connectivity index (χ3v) is 3.42. The molecule has 1 saturated heterocycles. The van der Waals surface area contributed by atoms with Crippen molar-refractivity contribution in [3.05, 3.63) is 23.9 Å². The van der Waals surface area contributed by atoms with Crippen molar-refractivity contribution in [2.75, 3.05) is 51.6 Å². The van der Waals surface area contributed by atoms with Crippen LogP contribution >= 0.6 is 0 Å². The van der Waals surface area contributed by atoms with Crippen molar-refractivity contribution in [1.82, 2.24) is 14.8 Å². The Morgan fingerprint density at radius 2 is 1.95 bits per heavy atom. The van der Waals surface area contributed by atoms with Crippen LogP contribution in [0.25, 0.3) is 0 Å². The predicted octanol–water partition coefficient (Wildman–Crippen LogP) is 1.76. The number of hydrogen-bond acceptors (Lipinski definition) is 4. The standard InChI is InChI=1S/C13H19F3N4/c1-19-6-8-20(9-7-19)5-4-18-12-10-11(2-3-17-12)13(14,15)16/h2-3,10H,4-9H2,1H3,(H,17,18). The van der Waals surface area contributed by atoms with Crippen molar-refractivity contribution in [3.8, 4) is 0 Å². The lowest BCUT2D eigenvalue weighted by atomic mass is 10.2. The third-order valence-electron chi connectivity index (χ3n) is 3.42. The van der Waals surface area contributed by atoms with Gasteiger partial charge in [0.05, 0.1) is 5.56 Å². The molecule has 1 aromatic heterocycles. The molecule has 1 N–H and O–H groups in total. The quantitative estimate of drug-likeness (QED) is 0.915. The minimum Gasteiger partial charge on any atom is -0.369 e. The summed E-state index contributed by atoms with van der Waals surface area (Å²) in [4.78, 5) is 8.46. The number of nitrogens with zero attached hydrogens (tertiary/aromatic N) is 3. The van der Waals surface area contributed by atoms with Crippen LogP contribution in [0.3, 0.4) is 0 Å². The van der Waals surface area contributed by atoms with Gasteiger partial charge in [-0.05, 0) is 19.2 Å². The van der Waals surface area contributed by atoms with Crippen LogP contribution in [0.4, 0.5) is 19.0 Å². The molecule has 112 valence electrons. The second-order valence-electron chi connectivity index (χ2n) is 5.00. The molecule has 0 radical (unpaired) electrons. The van der Waals surface area contributed by atoms with Gasteiger partial charge in [-0.25, -0.2) is 4.98 Å². The minimum atomic E-state index is -4.32. The summed E-state index contributed by atoms with van der Waals surface area (Å²) < 4.78 is 37.6. The van der Waals surface area contributed by atoms with Gasteiger partial charge in [0.15, 0.2) is 0 Å². The number of alkyl halides is 3. The van der Waals surface area contributed by atoms with Gasteiger partial charge in [-0.3, -0.25) is 4.90 Å². The summed E-state index contributed by atoms with van der Waals surface area (Å²) in [6, 6.07) is 2.02. The fourth-order valence-electron chi connectivity index (χ4n) is 2.12. The second kappa shape index (κ2) is 6.41. The van der Waals surface area contributed by atoms with Crippen molar-refractivity contribution < 1.29 is 13.2 Å². The zero-order chi connectivity index (χ0) is 14.6. The number of anilines is 1. The van der Waals surface area contributed by atoms with Gasteiger partial charge in [-0.2, -0.15) is 13.2 Å². The van der Waals surface area contributed by atoms with Crippen LogP contribution in [0.1, 0.15) is 5.56 Å². The Bertz CT molecular complexity index is 428. The molecular formula is C13H19F3N4. The summed E-state index contributed by atoms with van der Waals surface area (Å²) in [5.41, 5.74) is -0.672. The number of nitrogens with one attached hydrogen (secondary N) is 1. The smallest absolute Gasteiger partial charge is 0.369 e. The van der Waals surface area contributed by atoms with Crippen LogP contribution in [-0.4, -0.2) is 61.1 Å². The van der Waals surface area contributed by atoms with E-state index in [1.54, 1.807) is 0 Å². The van der Waals surface area contributed by atoms with Crippen LogP contribution in [-0.2, 0) is 6.18 Å². The molecule has 0 aromatic carbocycles. The maximum absolute atomic E-state index is 12.5. The highest BCUT2D eigenvalue weighted by Gasteiger charge is 2.30. The normalized spacial score (nSPS) is 18.2. The molecule has 2 heterocycles. The first-order valence-corrected chi connectivity index (χ1v) is 6.63. The molecular weight excluding hydrogens is 269 g/mol. The zero-order valence-corrected chi connectivity index (χ0v) is 11.5. The van der Waals surface area contributed by atoms with E-state index in [0.29, 0.717) is 6.54 Å². The van der Waals surface area contributed by atoms with E-state index in [2.05, 4.69) is 27.1 Å². The van der Waals surface area contributed by atoms with Gasteiger partial charge in [0.2, 0.25) is 0 Å². The number of likely N-dealkylation sites (N-methyl/N-ethyl adjacent to an activating group) is 1. The number of halogens is 3. The van der Waals surface area contributed by atoms with Crippen molar-refractivity contribution in [2.24, 2.45) is 0 Å². The average molecular weight is 288 g/mol. The average Bonchev–Trinajstić information content (AvgIpc) is 2.40. The maximum Gasteiger partial charge on any atom is 0.416 e. The molecule has 0 saturated carbocycles. The Kier molecular flexibility index (Phi) is 4.82. The molecule has 0 unspecified atom stereocenters. The van der Waals surface area contributed by atoms with Crippen molar-refractivity contribution in [3.63, 3.8) is 0 Å². The fourth-order valence-corrected chi connectivity index (χ4v) is 2.12. The molecule has 7 heteroatoms. The number of pyridine rings is 1. The summed E-state index contributed by atoms with van der Waals surface area (Å²) in [5.74, 6) is 0.272. The van der Waals surface area contributed by atoms with Gasteiger partial charge in [0.25, 0.3) is 0 Å². The van der Waals surface area contributed by atoms with E-state index >= 15 is 0 Å². The van der Waals surface area contributed by atoms with E-state index in [9.17, 15) is 13.2 Å². The van der Waals surface area contributed by atoms with E-state index in [4.69, 9.17) is 0 Å². The molecule has 20 heavy (non-hydrogen) atoms. The molecule has 1 aliphatic heterocycles. The SMILES string of the molecule is CN1CCN(CCNc2cc(C(F)(F)F)ccn2)CC1. The predicted molar refractivity (Wildman–Crippen MR) is 71.7 cm³/mol. The lowest BCUT2D eigenvalue weighted by Gasteiger charge is -2.32. The highest BCUT2D eigenvalue weighted by molar-refractivity contribution is 5.38. The Balaban J connectivity index is 1.79. The molecule has 1 fully saturated rings. The van der Waals surface area contributed by atoms with E-state index in [1.165, 1.54) is 6.20 Å². The lowest BCUT2D eigenvalue weighted by molar-refractivity contribution is -0.137. The van der Waals surface area contributed by atoms with Gasteiger partial charge in [-0.1, -0.05) is 0 Å². The van der Waals surface area contributed by atoms with Gasteiger partial charge >= 0.3 is 6.18 Å². The first kappa shape index (κ1) is 15.1. The fraction of sp³-hybridized carbons (Fsp3) is 0.615. The van der Waals surface area contributed by atoms with E-state index < -0.39 is 11.7 Å². The lowest BCUT2D eigenvalue weighted by Crippen LogP contribution is -2.45. The van der Waals surface area contributed by atoms with E-state index in [-0.39, 0.29) is 5.82 Å². The number of hydrogen-bond donors (Lipinski definition) is 1. The van der Waals surface area contributed by atoms with Crippen LogP contribution in [0.2, 0.25) is 0 Å². The van der Waals surface area contributed by atoms with E-state index in [0.717, 1.165) is 44.9 Å². The first-order chi connectivity index (χ1) is 9.45. The summed E-state index contributed by atoms with van der Waals surface area (Å²) in [6.45, 7) is 5.45. The molecule has 0 bridgehead atoms. The molecule has 2 rings (SSSR count). The Morgan fingerprint density at radius 1 is 1.25 bits per heavy atom. The minimum absolute atomic E-state index is 0.272. The summed E-state index contributed by atoms with van der Waals surface area (Å²) >= 11 is 0. The third kappa shape index (κ3) is 4.35. The molecule has 0 atom stereocenters. The molecule has 4 nitrogen and oxygen atoms in total. The highest BCUT2D eigenvalue weighted by atomic mass is 19.4.